The molecule has 0 saturated carbocycles. The van der Waals surface area contributed by atoms with Crippen molar-refractivity contribution < 1.29 is 4.21 Å². The lowest BCUT2D eigenvalue weighted by Gasteiger charge is -2.18. The number of unbranched alkanes of at least 4 members (excludes halogenated alkanes) is 1. The van der Waals surface area contributed by atoms with Crippen molar-refractivity contribution in [3.63, 3.8) is 0 Å². The Labute approximate surface area is 128 Å². The SMILES string of the molecule is CCCC/C(=C\[S@@](=O)c1ccc(C)cc1)C[Si](C)(C)C. The van der Waals surface area contributed by atoms with Gasteiger partial charge in [0.1, 0.15) is 0 Å². The molecule has 0 amide bonds. The van der Waals surface area contributed by atoms with Crippen molar-refractivity contribution in [1.82, 2.24) is 0 Å². The molecule has 0 unspecified atom stereocenters. The van der Waals surface area contributed by atoms with Gasteiger partial charge < -0.3 is 0 Å². The lowest BCUT2D eigenvalue weighted by atomic mass is 10.1. The molecule has 0 aliphatic carbocycles. The van der Waals surface area contributed by atoms with Crippen LogP contribution in [-0.4, -0.2) is 12.3 Å². The van der Waals surface area contributed by atoms with Crippen molar-refractivity contribution in [2.24, 2.45) is 0 Å². The second-order valence-corrected chi connectivity index (χ2v) is 13.5. The standard InChI is InChI=1S/C17H28OSSi/c1-6-7-8-16(14-20(3,4)5)13-19(18)17-11-9-15(2)10-12-17/h9-13H,6-8,14H2,1-5H3/b16-13+/t19-/m1/s1. The van der Waals surface area contributed by atoms with Crippen LogP contribution >= 0.6 is 0 Å². The lowest BCUT2D eigenvalue weighted by molar-refractivity contribution is 0.687. The molecule has 1 nitrogen and oxygen atoms in total. The Morgan fingerprint density at radius 2 is 1.80 bits per heavy atom. The van der Waals surface area contributed by atoms with Gasteiger partial charge in [-0.2, -0.15) is 0 Å². The molecular weight excluding hydrogens is 280 g/mol. The zero-order chi connectivity index (χ0) is 15.2. The van der Waals surface area contributed by atoms with Crippen LogP contribution in [0, 0.1) is 6.92 Å². The van der Waals surface area contributed by atoms with Gasteiger partial charge in [0.2, 0.25) is 0 Å². The predicted molar refractivity (Wildman–Crippen MR) is 93.3 cm³/mol. The third-order valence-electron chi connectivity index (χ3n) is 3.14. The van der Waals surface area contributed by atoms with E-state index in [-0.39, 0.29) is 0 Å². The highest BCUT2D eigenvalue weighted by molar-refractivity contribution is 7.88. The normalized spacial score (nSPS) is 14.3. The third-order valence-corrected chi connectivity index (χ3v) is 5.93. The van der Waals surface area contributed by atoms with Crippen LogP contribution in [-0.2, 0) is 10.8 Å². The van der Waals surface area contributed by atoms with E-state index in [4.69, 9.17) is 0 Å². The maximum Gasteiger partial charge on any atom is 0.0775 e. The summed E-state index contributed by atoms with van der Waals surface area (Å²) < 4.78 is 12.5. The number of hydrogen-bond donors (Lipinski definition) is 0. The number of hydrogen-bond acceptors (Lipinski definition) is 1. The Hall–Kier alpha value is -0.673. The molecule has 1 aromatic rings. The van der Waals surface area contributed by atoms with E-state index in [0.29, 0.717) is 0 Å². The van der Waals surface area contributed by atoms with Gasteiger partial charge in [-0.15, -0.1) is 0 Å². The molecule has 1 rings (SSSR count). The number of aryl methyl sites for hydroxylation is 1. The van der Waals surface area contributed by atoms with Gasteiger partial charge >= 0.3 is 0 Å². The lowest BCUT2D eigenvalue weighted by Crippen LogP contribution is -2.20. The first-order chi connectivity index (χ1) is 9.31. The van der Waals surface area contributed by atoms with E-state index in [1.165, 1.54) is 24.0 Å². The van der Waals surface area contributed by atoms with Gasteiger partial charge in [0.25, 0.3) is 0 Å². The summed E-state index contributed by atoms with van der Waals surface area (Å²) in [5.41, 5.74) is 2.60. The highest BCUT2D eigenvalue weighted by Gasteiger charge is 2.16. The van der Waals surface area contributed by atoms with Crippen molar-refractivity contribution in [3.05, 3.63) is 40.8 Å². The van der Waals surface area contributed by atoms with Crippen molar-refractivity contribution in [3.8, 4) is 0 Å². The summed E-state index contributed by atoms with van der Waals surface area (Å²) in [4.78, 5) is 0.917. The Balaban J connectivity index is 2.87. The summed E-state index contributed by atoms with van der Waals surface area (Å²) >= 11 is 0. The minimum atomic E-state index is -1.15. The molecule has 0 aliphatic rings. The Morgan fingerprint density at radius 3 is 2.30 bits per heavy atom. The quantitative estimate of drug-likeness (QED) is 0.607. The molecule has 0 bridgehead atoms. The minimum Gasteiger partial charge on any atom is -0.250 e. The van der Waals surface area contributed by atoms with Crippen LogP contribution in [0.15, 0.2) is 40.1 Å². The second-order valence-electron chi connectivity index (χ2n) is 6.73. The van der Waals surface area contributed by atoms with Crippen LogP contribution in [0.5, 0.6) is 0 Å². The van der Waals surface area contributed by atoms with E-state index < -0.39 is 18.9 Å². The average Bonchev–Trinajstić information content (AvgIpc) is 2.35. The van der Waals surface area contributed by atoms with Gasteiger partial charge in [0, 0.05) is 18.4 Å². The number of rotatable bonds is 7. The van der Waals surface area contributed by atoms with Crippen molar-refractivity contribution >= 4 is 18.9 Å². The fourth-order valence-corrected chi connectivity index (χ4v) is 5.00. The molecule has 0 N–H and O–H groups in total. The first kappa shape index (κ1) is 17.4. The fraction of sp³-hybridized carbons (Fsp3) is 0.529. The molecule has 3 heteroatoms. The van der Waals surface area contributed by atoms with Crippen LogP contribution in [0.25, 0.3) is 0 Å². The van der Waals surface area contributed by atoms with E-state index in [1.54, 1.807) is 0 Å². The molecule has 0 fully saturated rings. The van der Waals surface area contributed by atoms with E-state index >= 15 is 0 Å². The molecule has 0 spiro atoms. The van der Waals surface area contributed by atoms with Crippen molar-refractivity contribution in [1.29, 1.82) is 0 Å². The van der Waals surface area contributed by atoms with Gasteiger partial charge in [-0.1, -0.05) is 56.3 Å². The molecule has 0 aromatic heterocycles. The smallest absolute Gasteiger partial charge is 0.0775 e. The first-order valence-electron chi connectivity index (χ1n) is 7.48. The Morgan fingerprint density at radius 1 is 1.20 bits per heavy atom. The molecule has 20 heavy (non-hydrogen) atoms. The highest BCUT2D eigenvalue weighted by Crippen LogP contribution is 2.23. The number of allylic oxidation sites excluding steroid dienone is 1. The highest BCUT2D eigenvalue weighted by atomic mass is 32.2. The predicted octanol–water partition coefficient (Wildman–Crippen LogP) is 5.51. The largest absolute Gasteiger partial charge is 0.250 e. The summed E-state index contributed by atoms with van der Waals surface area (Å²) in [5, 5.41) is 2.01. The molecule has 1 atom stereocenters. The van der Waals surface area contributed by atoms with Crippen LogP contribution in [0.3, 0.4) is 0 Å². The maximum atomic E-state index is 12.5. The van der Waals surface area contributed by atoms with Gasteiger partial charge in [-0.05, 0) is 37.9 Å². The summed E-state index contributed by atoms with van der Waals surface area (Å²) in [6.45, 7) is 11.4. The fourth-order valence-electron chi connectivity index (χ4n) is 2.17. The molecule has 0 radical (unpaired) electrons. The molecule has 0 heterocycles. The maximum absolute atomic E-state index is 12.5. The van der Waals surface area contributed by atoms with E-state index in [2.05, 4.69) is 33.5 Å². The Kier molecular flexibility index (Phi) is 6.90. The molecular formula is C17H28OSSi. The van der Waals surface area contributed by atoms with Crippen molar-refractivity contribution in [2.75, 3.05) is 0 Å². The van der Waals surface area contributed by atoms with Gasteiger partial charge in [0.15, 0.2) is 0 Å². The topological polar surface area (TPSA) is 17.1 Å². The summed E-state index contributed by atoms with van der Waals surface area (Å²) in [7, 11) is -2.15. The zero-order valence-electron chi connectivity index (χ0n) is 13.5. The molecule has 112 valence electrons. The summed E-state index contributed by atoms with van der Waals surface area (Å²) in [5.74, 6) is 0. The Bertz CT molecular complexity index is 469. The monoisotopic (exact) mass is 308 g/mol. The van der Waals surface area contributed by atoms with Crippen molar-refractivity contribution in [2.45, 2.75) is 63.7 Å². The molecule has 0 saturated heterocycles. The van der Waals surface area contributed by atoms with Gasteiger partial charge in [-0.3, -0.25) is 0 Å². The van der Waals surface area contributed by atoms with Gasteiger partial charge in [-0.25, -0.2) is 4.21 Å². The van der Waals surface area contributed by atoms with E-state index in [9.17, 15) is 4.21 Å². The molecule has 1 aromatic carbocycles. The minimum absolute atomic E-state index is 0.917. The van der Waals surface area contributed by atoms with E-state index in [1.807, 2.05) is 29.7 Å². The second kappa shape index (κ2) is 7.94. The van der Waals surface area contributed by atoms with Crippen LogP contribution in [0.4, 0.5) is 0 Å². The van der Waals surface area contributed by atoms with Crippen LogP contribution in [0.1, 0.15) is 31.7 Å². The summed E-state index contributed by atoms with van der Waals surface area (Å²) in [6.07, 6.45) is 3.49. The van der Waals surface area contributed by atoms with E-state index in [0.717, 1.165) is 17.4 Å². The number of benzene rings is 1. The third kappa shape index (κ3) is 6.66. The van der Waals surface area contributed by atoms with Crippen LogP contribution in [0.2, 0.25) is 25.7 Å². The molecule has 0 aliphatic heterocycles. The average molecular weight is 309 g/mol. The van der Waals surface area contributed by atoms with Crippen LogP contribution < -0.4 is 0 Å². The van der Waals surface area contributed by atoms with Gasteiger partial charge in [0.05, 0.1) is 10.8 Å². The first-order valence-corrected chi connectivity index (χ1v) is 12.4. The summed E-state index contributed by atoms with van der Waals surface area (Å²) in [6, 6.07) is 9.18. The zero-order valence-corrected chi connectivity index (χ0v) is 15.3.